The fourth-order valence-electron chi connectivity index (χ4n) is 3.22. The lowest BCUT2D eigenvalue weighted by Crippen LogP contribution is -2.43. The second-order valence-corrected chi connectivity index (χ2v) is 7.85. The molecular weight excluding hydrogens is 429 g/mol. The van der Waals surface area contributed by atoms with Gasteiger partial charge in [0.1, 0.15) is 17.8 Å². The van der Waals surface area contributed by atoms with Gasteiger partial charge in [0.15, 0.2) is 0 Å². The van der Waals surface area contributed by atoms with Gasteiger partial charge in [-0.15, -0.1) is 0 Å². The zero-order valence-electron chi connectivity index (χ0n) is 16.5. The molecule has 9 heteroatoms. The van der Waals surface area contributed by atoms with Crippen LogP contribution >= 0.6 is 23.2 Å². The molecule has 1 fully saturated rings. The number of carbonyl (C=O) groups excluding carboxylic acids is 3. The predicted octanol–water partition coefficient (Wildman–Crippen LogP) is 3.13. The van der Waals surface area contributed by atoms with Gasteiger partial charge in [0.2, 0.25) is 5.91 Å². The van der Waals surface area contributed by atoms with Crippen LogP contribution in [0.3, 0.4) is 0 Å². The van der Waals surface area contributed by atoms with E-state index in [2.05, 4.69) is 10.6 Å². The van der Waals surface area contributed by atoms with Gasteiger partial charge in [-0.05, 0) is 48.7 Å². The molecule has 0 unspecified atom stereocenters. The van der Waals surface area contributed by atoms with Crippen LogP contribution in [0.4, 0.5) is 4.79 Å². The summed E-state index contributed by atoms with van der Waals surface area (Å²) in [5, 5.41) is 6.42. The first-order valence-corrected chi connectivity index (χ1v) is 9.99. The highest BCUT2D eigenvalue weighted by atomic mass is 35.5. The molecule has 3 rings (SSSR count). The Morgan fingerprint density at radius 2 is 1.87 bits per heavy atom. The molecule has 2 aromatic rings. The van der Waals surface area contributed by atoms with Crippen molar-refractivity contribution in [1.82, 2.24) is 15.5 Å². The van der Waals surface area contributed by atoms with Gasteiger partial charge in [-0.3, -0.25) is 14.5 Å². The summed E-state index contributed by atoms with van der Waals surface area (Å²) in [5.74, 6) is -0.299. The number of imide groups is 1. The Morgan fingerprint density at radius 1 is 1.17 bits per heavy atom. The second-order valence-electron chi connectivity index (χ2n) is 7.01. The smallest absolute Gasteiger partial charge is 0.325 e. The third kappa shape index (κ3) is 4.52. The van der Waals surface area contributed by atoms with Crippen molar-refractivity contribution in [1.29, 1.82) is 0 Å². The lowest BCUT2D eigenvalue weighted by molar-refractivity contribution is -0.134. The van der Waals surface area contributed by atoms with Crippen LogP contribution in [0.1, 0.15) is 18.1 Å². The topological polar surface area (TPSA) is 87.7 Å². The number of urea groups is 1. The minimum absolute atomic E-state index is 0.305. The number of hydrogen-bond donors (Lipinski definition) is 2. The Morgan fingerprint density at radius 3 is 2.50 bits per heavy atom. The molecule has 1 aliphatic rings. The average Bonchev–Trinajstić information content (AvgIpc) is 2.93. The van der Waals surface area contributed by atoms with E-state index in [0.29, 0.717) is 34.3 Å². The first-order chi connectivity index (χ1) is 14.2. The highest BCUT2D eigenvalue weighted by Crippen LogP contribution is 2.30. The van der Waals surface area contributed by atoms with Crippen LogP contribution in [0.2, 0.25) is 10.0 Å². The summed E-state index contributed by atoms with van der Waals surface area (Å²) in [5.41, 5.74) is 0.186. The van der Waals surface area contributed by atoms with Crippen LogP contribution in [0.5, 0.6) is 5.75 Å². The molecule has 158 valence electrons. The molecule has 0 radical (unpaired) electrons. The Hall–Kier alpha value is -2.77. The second kappa shape index (κ2) is 8.93. The van der Waals surface area contributed by atoms with E-state index in [9.17, 15) is 14.4 Å². The van der Waals surface area contributed by atoms with Gasteiger partial charge < -0.3 is 15.4 Å². The zero-order chi connectivity index (χ0) is 21.9. The number of rotatable bonds is 7. The summed E-state index contributed by atoms with van der Waals surface area (Å²) in [4.78, 5) is 38.5. The van der Waals surface area contributed by atoms with Crippen molar-refractivity contribution in [3.05, 3.63) is 63.6 Å². The molecule has 7 nitrogen and oxygen atoms in total. The molecule has 1 atom stereocenters. The van der Waals surface area contributed by atoms with Gasteiger partial charge >= 0.3 is 6.03 Å². The van der Waals surface area contributed by atoms with Gasteiger partial charge in [-0.1, -0.05) is 41.4 Å². The van der Waals surface area contributed by atoms with Crippen LogP contribution in [0, 0.1) is 0 Å². The van der Waals surface area contributed by atoms with E-state index >= 15 is 0 Å². The van der Waals surface area contributed by atoms with Crippen molar-refractivity contribution in [2.45, 2.75) is 18.9 Å². The number of ether oxygens (including phenoxy) is 1. The molecule has 4 amide bonds. The van der Waals surface area contributed by atoms with Crippen LogP contribution < -0.4 is 15.4 Å². The molecule has 0 aromatic heterocycles. The largest absolute Gasteiger partial charge is 0.497 e. The number of amides is 4. The van der Waals surface area contributed by atoms with Gasteiger partial charge in [0, 0.05) is 16.6 Å². The number of nitrogens with zero attached hydrogens (tertiary/aromatic N) is 1. The molecule has 1 heterocycles. The van der Waals surface area contributed by atoms with Crippen LogP contribution in [0.15, 0.2) is 42.5 Å². The lowest BCUT2D eigenvalue weighted by atomic mass is 9.92. The number of methoxy groups -OCH3 is 1. The maximum atomic E-state index is 12.9. The van der Waals surface area contributed by atoms with Crippen molar-refractivity contribution in [2.24, 2.45) is 0 Å². The van der Waals surface area contributed by atoms with Crippen molar-refractivity contribution < 1.29 is 19.1 Å². The standard InChI is InChI=1S/C21H21Cl2N3O4/c1-21(14-4-7-16(30-2)8-5-14)19(28)26(20(29)25-21)12-18(27)24-10-9-13-3-6-15(22)11-17(13)23/h3-8,11H,9-10,12H2,1-2H3,(H,24,27)(H,25,29)/t21-/m1/s1. The van der Waals surface area contributed by atoms with E-state index in [4.69, 9.17) is 27.9 Å². The van der Waals surface area contributed by atoms with Gasteiger partial charge in [0.25, 0.3) is 5.91 Å². The third-order valence-corrected chi connectivity index (χ3v) is 5.56. The van der Waals surface area contributed by atoms with Crippen LogP contribution in [-0.2, 0) is 21.5 Å². The van der Waals surface area contributed by atoms with E-state index in [0.717, 1.165) is 10.5 Å². The Bertz CT molecular complexity index is 981. The molecule has 2 aromatic carbocycles. The maximum absolute atomic E-state index is 12.9. The number of nitrogens with one attached hydrogen (secondary N) is 2. The Labute approximate surface area is 184 Å². The number of benzene rings is 2. The van der Waals surface area contributed by atoms with Gasteiger partial charge in [-0.2, -0.15) is 0 Å². The van der Waals surface area contributed by atoms with E-state index in [1.165, 1.54) is 0 Å². The summed E-state index contributed by atoms with van der Waals surface area (Å²) >= 11 is 12.0. The molecule has 30 heavy (non-hydrogen) atoms. The minimum atomic E-state index is -1.25. The molecular formula is C21H21Cl2N3O4. The van der Waals surface area contributed by atoms with Crippen molar-refractivity contribution in [3.8, 4) is 5.75 Å². The van der Waals surface area contributed by atoms with E-state index in [1.807, 2.05) is 0 Å². The fourth-order valence-corrected chi connectivity index (χ4v) is 3.72. The monoisotopic (exact) mass is 449 g/mol. The first-order valence-electron chi connectivity index (χ1n) is 9.24. The summed E-state index contributed by atoms with van der Waals surface area (Å²) in [6.45, 7) is 1.54. The van der Waals surface area contributed by atoms with E-state index < -0.39 is 23.4 Å². The van der Waals surface area contributed by atoms with E-state index in [1.54, 1.807) is 56.5 Å². The number of hydrogen-bond acceptors (Lipinski definition) is 4. The minimum Gasteiger partial charge on any atom is -0.497 e. The predicted molar refractivity (Wildman–Crippen MR) is 114 cm³/mol. The lowest BCUT2D eigenvalue weighted by Gasteiger charge is -2.22. The van der Waals surface area contributed by atoms with Crippen LogP contribution in [-0.4, -0.2) is 42.9 Å². The normalized spacial score (nSPS) is 18.3. The summed E-state index contributed by atoms with van der Waals surface area (Å²) in [6, 6.07) is 11.3. The number of carbonyl (C=O) groups is 3. The highest BCUT2D eigenvalue weighted by molar-refractivity contribution is 6.35. The van der Waals surface area contributed by atoms with Gasteiger partial charge in [-0.25, -0.2) is 4.79 Å². The quantitative estimate of drug-likeness (QED) is 0.635. The zero-order valence-corrected chi connectivity index (χ0v) is 18.0. The fraction of sp³-hybridized carbons (Fsp3) is 0.286. The molecule has 1 saturated heterocycles. The molecule has 0 saturated carbocycles. The van der Waals surface area contributed by atoms with Crippen molar-refractivity contribution in [3.63, 3.8) is 0 Å². The molecule has 0 bridgehead atoms. The molecule has 1 aliphatic heterocycles. The SMILES string of the molecule is COc1ccc([C@@]2(C)NC(=O)N(CC(=O)NCCc3ccc(Cl)cc3Cl)C2=O)cc1. The summed E-state index contributed by atoms with van der Waals surface area (Å²) in [7, 11) is 1.54. The Balaban J connectivity index is 1.59. The average molecular weight is 450 g/mol. The maximum Gasteiger partial charge on any atom is 0.325 e. The molecule has 0 spiro atoms. The van der Waals surface area contributed by atoms with Gasteiger partial charge in [0.05, 0.1) is 7.11 Å². The molecule has 2 N–H and O–H groups in total. The first kappa shape index (κ1) is 21.9. The van der Waals surface area contributed by atoms with E-state index in [-0.39, 0.29) is 6.54 Å². The summed E-state index contributed by atoms with van der Waals surface area (Å²) in [6.07, 6.45) is 0.492. The molecule has 0 aliphatic carbocycles. The third-order valence-electron chi connectivity index (χ3n) is 4.98. The summed E-state index contributed by atoms with van der Waals surface area (Å²) < 4.78 is 5.12. The highest BCUT2D eigenvalue weighted by Gasteiger charge is 2.49. The number of halogens is 2. The Kier molecular flexibility index (Phi) is 6.53. The van der Waals surface area contributed by atoms with Crippen LogP contribution in [0.25, 0.3) is 0 Å². The van der Waals surface area contributed by atoms with Crippen molar-refractivity contribution in [2.75, 3.05) is 20.2 Å². The van der Waals surface area contributed by atoms with Crippen molar-refractivity contribution >= 4 is 41.0 Å².